The molecule has 0 bridgehead atoms. The fraction of sp³-hybridized carbons (Fsp3) is 0.300. The predicted octanol–water partition coefficient (Wildman–Crippen LogP) is 3.07. The first kappa shape index (κ1) is 17.0. The van der Waals surface area contributed by atoms with E-state index in [0.29, 0.717) is 0 Å². The molecule has 5 nitrogen and oxygen atoms in total. The number of esters is 1. The maximum Gasteiger partial charge on any atom is 0.331 e. The number of hydrogen-bond donors (Lipinski definition) is 1. The molecule has 25 heavy (non-hydrogen) atoms. The molecule has 0 radical (unpaired) electrons. The highest BCUT2D eigenvalue weighted by Crippen LogP contribution is 2.22. The minimum absolute atomic E-state index is 0.246. The number of hydrogen-bond acceptors (Lipinski definition) is 4. The molecule has 130 valence electrons. The number of nitrogens with one attached hydrogen (secondary N) is 1. The van der Waals surface area contributed by atoms with Crippen molar-refractivity contribution in [1.82, 2.24) is 5.32 Å². The van der Waals surface area contributed by atoms with Crippen LogP contribution in [0, 0.1) is 0 Å². The molecule has 0 aliphatic heterocycles. The Bertz CT molecular complexity index is 824. The van der Waals surface area contributed by atoms with Gasteiger partial charge < -0.3 is 14.8 Å². The minimum atomic E-state index is -0.790. The second-order valence-corrected chi connectivity index (χ2v) is 6.17. The van der Waals surface area contributed by atoms with Crippen LogP contribution in [0.4, 0.5) is 0 Å². The summed E-state index contributed by atoms with van der Waals surface area (Å²) in [4.78, 5) is 23.7. The van der Waals surface area contributed by atoms with Gasteiger partial charge in [-0.2, -0.15) is 0 Å². The van der Waals surface area contributed by atoms with Gasteiger partial charge in [-0.05, 0) is 60.4 Å². The summed E-state index contributed by atoms with van der Waals surface area (Å²) in [6.45, 7) is 1.58. The molecule has 5 heteroatoms. The predicted molar refractivity (Wildman–Crippen MR) is 96.3 cm³/mol. The average molecular weight is 339 g/mol. The van der Waals surface area contributed by atoms with Crippen molar-refractivity contribution < 1.29 is 19.1 Å². The molecule has 0 unspecified atom stereocenters. The summed E-state index contributed by atoms with van der Waals surface area (Å²) in [5, 5.41) is 4.92. The van der Waals surface area contributed by atoms with Crippen LogP contribution in [0.1, 0.15) is 25.3 Å². The average Bonchev–Trinajstić information content (AvgIpc) is 3.43. The number of fused-ring (bicyclic) bond motifs is 1. The summed E-state index contributed by atoms with van der Waals surface area (Å²) in [5.41, 5.74) is 0.879. The van der Waals surface area contributed by atoms with Gasteiger partial charge in [0.05, 0.1) is 7.11 Å². The van der Waals surface area contributed by atoms with Crippen molar-refractivity contribution in [2.75, 3.05) is 7.11 Å². The van der Waals surface area contributed by atoms with Crippen molar-refractivity contribution >= 4 is 28.7 Å². The molecule has 0 spiro atoms. The van der Waals surface area contributed by atoms with Crippen molar-refractivity contribution in [3.05, 3.63) is 48.0 Å². The summed E-state index contributed by atoms with van der Waals surface area (Å²) in [7, 11) is 1.63. The molecular formula is C20H21NO4. The van der Waals surface area contributed by atoms with E-state index in [9.17, 15) is 9.59 Å². The molecular weight excluding hydrogens is 318 g/mol. The monoisotopic (exact) mass is 339 g/mol. The third-order valence-electron chi connectivity index (χ3n) is 4.07. The molecule has 3 rings (SSSR count). The Morgan fingerprint density at radius 3 is 2.60 bits per heavy atom. The molecule has 0 saturated heterocycles. The number of amides is 1. The maximum atomic E-state index is 11.9. The minimum Gasteiger partial charge on any atom is -0.497 e. The lowest BCUT2D eigenvalue weighted by Gasteiger charge is -2.11. The molecule has 1 aliphatic rings. The van der Waals surface area contributed by atoms with E-state index < -0.39 is 12.1 Å². The summed E-state index contributed by atoms with van der Waals surface area (Å²) in [5.74, 6) is 0.0232. The smallest absolute Gasteiger partial charge is 0.331 e. The Morgan fingerprint density at radius 2 is 1.88 bits per heavy atom. The van der Waals surface area contributed by atoms with Gasteiger partial charge in [0.2, 0.25) is 0 Å². The maximum absolute atomic E-state index is 11.9. The van der Waals surface area contributed by atoms with Crippen molar-refractivity contribution in [1.29, 1.82) is 0 Å². The van der Waals surface area contributed by atoms with Gasteiger partial charge in [0.1, 0.15) is 5.75 Å². The number of benzene rings is 2. The molecule has 1 fully saturated rings. The summed E-state index contributed by atoms with van der Waals surface area (Å²) < 4.78 is 10.3. The lowest BCUT2D eigenvalue weighted by atomic mass is 10.1. The Hall–Kier alpha value is -2.82. The highest BCUT2D eigenvalue weighted by molar-refractivity contribution is 5.92. The van der Waals surface area contributed by atoms with E-state index in [1.54, 1.807) is 20.1 Å². The molecule has 1 N–H and O–H groups in total. The summed E-state index contributed by atoms with van der Waals surface area (Å²) in [6, 6.07) is 11.9. The lowest BCUT2D eigenvalue weighted by Crippen LogP contribution is -2.36. The highest BCUT2D eigenvalue weighted by atomic mass is 16.5. The Morgan fingerprint density at radius 1 is 1.16 bits per heavy atom. The third kappa shape index (κ3) is 4.59. The van der Waals surface area contributed by atoms with Crippen molar-refractivity contribution in [2.45, 2.75) is 31.9 Å². The zero-order valence-electron chi connectivity index (χ0n) is 14.3. The van der Waals surface area contributed by atoms with Gasteiger partial charge in [0, 0.05) is 12.1 Å². The van der Waals surface area contributed by atoms with Gasteiger partial charge in [-0.15, -0.1) is 0 Å². The molecule has 0 heterocycles. The fourth-order valence-electron chi connectivity index (χ4n) is 2.45. The van der Waals surface area contributed by atoms with E-state index in [0.717, 1.165) is 34.9 Å². The van der Waals surface area contributed by atoms with Gasteiger partial charge in [-0.25, -0.2) is 4.79 Å². The van der Waals surface area contributed by atoms with Crippen molar-refractivity contribution in [3.63, 3.8) is 0 Å². The van der Waals surface area contributed by atoms with Gasteiger partial charge in [-0.3, -0.25) is 4.79 Å². The zero-order valence-corrected chi connectivity index (χ0v) is 14.3. The van der Waals surface area contributed by atoms with Crippen LogP contribution in [0.2, 0.25) is 0 Å². The molecule has 0 aromatic heterocycles. The van der Waals surface area contributed by atoms with E-state index in [-0.39, 0.29) is 11.9 Å². The van der Waals surface area contributed by atoms with E-state index >= 15 is 0 Å². The van der Waals surface area contributed by atoms with Crippen LogP contribution in [0.5, 0.6) is 5.75 Å². The summed E-state index contributed by atoms with van der Waals surface area (Å²) >= 11 is 0. The first-order chi connectivity index (χ1) is 12.0. The Kier molecular flexibility index (Phi) is 5.03. The lowest BCUT2D eigenvalue weighted by molar-refractivity contribution is -0.150. The highest BCUT2D eigenvalue weighted by Gasteiger charge is 2.26. The van der Waals surface area contributed by atoms with Crippen LogP contribution in [0.3, 0.4) is 0 Å². The number of carbonyl (C=O) groups excluding carboxylic acids is 2. The standard InChI is InChI=1S/C20H21NO4/c1-13(20(23)21-17-7-8-17)25-19(22)10-4-14-3-5-16-12-18(24-2)9-6-15(16)11-14/h3-6,9-13,17H,7-8H2,1-2H3,(H,21,23)/b10-4+/t13-/m1/s1. The molecule has 1 saturated carbocycles. The first-order valence-electron chi connectivity index (χ1n) is 8.32. The van der Waals surface area contributed by atoms with Crippen LogP contribution in [-0.2, 0) is 14.3 Å². The Balaban J connectivity index is 1.61. The molecule has 1 atom stereocenters. The van der Waals surface area contributed by atoms with Crippen molar-refractivity contribution in [2.24, 2.45) is 0 Å². The van der Waals surface area contributed by atoms with Gasteiger partial charge >= 0.3 is 5.97 Å². The molecule has 2 aromatic rings. The van der Waals surface area contributed by atoms with Gasteiger partial charge in [-0.1, -0.05) is 18.2 Å². The van der Waals surface area contributed by atoms with Crippen molar-refractivity contribution in [3.8, 4) is 5.75 Å². The van der Waals surface area contributed by atoms with Crippen LogP contribution in [-0.4, -0.2) is 31.1 Å². The second kappa shape index (κ2) is 7.38. The number of methoxy groups -OCH3 is 1. The largest absolute Gasteiger partial charge is 0.497 e. The number of rotatable bonds is 6. The van der Waals surface area contributed by atoms with Crippen LogP contribution in [0.25, 0.3) is 16.8 Å². The topological polar surface area (TPSA) is 64.6 Å². The van der Waals surface area contributed by atoms with Crippen LogP contribution < -0.4 is 10.1 Å². The number of ether oxygens (including phenoxy) is 2. The van der Waals surface area contributed by atoms with Gasteiger partial charge in [0.15, 0.2) is 6.10 Å². The van der Waals surface area contributed by atoms with E-state index in [1.165, 1.54) is 6.08 Å². The quantitative estimate of drug-likeness (QED) is 0.649. The normalized spacial score (nSPS) is 15.1. The summed E-state index contributed by atoms with van der Waals surface area (Å²) in [6.07, 6.45) is 4.23. The van der Waals surface area contributed by atoms with Crippen LogP contribution >= 0.6 is 0 Å². The Labute approximate surface area is 146 Å². The molecule has 1 aliphatic carbocycles. The zero-order chi connectivity index (χ0) is 17.8. The first-order valence-corrected chi connectivity index (χ1v) is 8.32. The molecule has 1 amide bonds. The molecule has 2 aromatic carbocycles. The fourth-order valence-corrected chi connectivity index (χ4v) is 2.45. The second-order valence-electron chi connectivity index (χ2n) is 6.17. The van der Waals surface area contributed by atoms with E-state index in [2.05, 4.69) is 5.32 Å². The third-order valence-corrected chi connectivity index (χ3v) is 4.07. The van der Waals surface area contributed by atoms with E-state index in [4.69, 9.17) is 9.47 Å². The SMILES string of the molecule is COc1ccc2cc(/C=C/C(=O)O[C@H](C)C(=O)NC3CC3)ccc2c1. The number of carbonyl (C=O) groups is 2. The van der Waals surface area contributed by atoms with Gasteiger partial charge in [0.25, 0.3) is 5.91 Å². The van der Waals surface area contributed by atoms with E-state index in [1.807, 2.05) is 36.4 Å². The van der Waals surface area contributed by atoms with Crippen LogP contribution in [0.15, 0.2) is 42.5 Å².